The van der Waals surface area contributed by atoms with Crippen molar-refractivity contribution in [2.24, 2.45) is 0 Å². The molecule has 0 aliphatic carbocycles. The smallest absolute Gasteiger partial charge is 0.132 e. The van der Waals surface area contributed by atoms with Crippen molar-refractivity contribution in [1.82, 2.24) is 10.3 Å². The first-order valence-corrected chi connectivity index (χ1v) is 6.38. The second-order valence-corrected chi connectivity index (χ2v) is 4.66. The summed E-state index contributed by atoms with van der Waals surface area (Å²) >= 11 is 0. The summed E-state index contributed by atoms with van der Waals surface area (Å²) in [5, 5.41) is 4.24. The lowest BCUT2D eigenvalue weighted by molar-refractivity contribution is 0.226. The summed E-state index contributed by atoms with van der Waals surface area (Å²) in [6.07, 6.45) is 1.21. The molecule has 5 heteroatoms. The van der Waals surface area contributed by atoms with E-state index >= 15 is 0 Å². The summed E-state index contributed by atoms with van der Waals surface area (Å²) in [6.45, 7) is 1.87. The van der Waals surface area contributed by atoms with Crippen molar-refractivity contribution in [1.29, 1.82) is 0 Å². The Balaban J connectivity index is 2.01. The van der Waals surface area contributed by atoms with Crippen LogP contribution in [0.1, 0.15) is 6.42 Å². The number of hydrogen-bond donors (Lipinski definition) is 2. The molecule has 19 heavy (non-hydrogen) atoms. The molecule has 0 saturated carbocycles. The molecular formula is C14H17N3O2. The van der Waals surface area contributed by atoms with Gasteiger partial charge >= 0.3 is 0 Å². The average molecular weight is 259 g/mol. The first-order valence-electron chi connectivity index (χ1n) is 6.38. The van der Waals surface area contributed by atoms with Gasteiger partial charge in [0.1, 0.15) is 23.4 Å². The van der Waals surface area contributed by atoms with Crippen LogP contribution in [0.3, 0.4) is 0 Å². The number of methoxy groups -OCH3 is 1. The summed E-state index contributed by atoms with van der Waals surface area (Å²) < 4.78 is 11.2. The minimum Gasteiger partial charge on any atom is -0.497 e. The van der Waals surface area contributed by atoms with E-state index in [1.165, 1.54) is 0 Å². The number of nitrogens with two attached hydrogens (primary N) is 1. The number of pyridine rings is 1. The maximum Gasteiger partial charge on any atom is 0.132 e. The third-order valence-corrected chi connectivity index (χ3v) is 3.31. The molecule has 1 unspecified atom stereocenters. The zero-order valence-corrected chi connectivity index (χ0v) is 10.8. The fourth-order valence-electron chi connectivity index (χ4n) is 2.33. The van der Waals surface area contributed by atoms with E-state index in [0.717, 1.165) is 41.9 Å². The van der Waals surface area contributed by atoms with Gasteiger partial charge in [0.25, 0.3) is 0 Å². The second-order valence-electron chi connectivity index (χ2n) is 4.66. The van der Waals surface area contributed by atoms with Crippen molar-refractivity contribution >= 4 is 16.7 Å². The molecule has 0 bridgehead atoms. The molecule has 1 atom stereocenters. The quantitative estimate of drug-likeness (QED) is 0.875. The van der Waals surface area contributed by atoms with Crippen molar-refractivity contribution in [2.75, 3.05) is 25.9 Å². The zero-order chi connectivity index (χ0) is 13.2. The molecule has 1 saturated heterocycles. The molecule has 1 aromatic heterocycles. The van der Waals surface area contributed by atoms with Crippen LogP contribution in [-0.4, -0.2) is 31.3 Å². The van der Waals surface area contributed by atoms with Crippen LogP contribution in [0.4, 0.5) is 5.82 Å². The highest BCUT2D eigenvalue weighted by Crippen LogP contribution is 2.30. The summed E-state index contributed by atoms with van der Waals surface area (Å²) in [6, 6.07) is 7.51. The lowest BCUT2D eigenvalue weighted by Gasteiger charge is -2.15. The van der Waals surface area contributed by atoms with Gasteiger partial charge in [0.15, 0.2) is 0 Å². The number of aromatic nitrogens is 1. The minimum absolute atomic E-state index is 0.201. The van der Waals surface area contributed by atoms with E-state index in [4.69, 9.17) is 15.2 Å². The van der Waals surface area contributed by atoms with E-state index in [-0.39, 0.29) is 6.10 Å². The summed E-state index contributed by atoms with van der Waals surface area (Å²) in [5.41, 5.74) is 6.63. The van der Waals surface area contributed by atoms with Crippen molar-refractivity contribution in [3.8, 4) is 11.5 Å². The molecule has 100 valence electrons. The van der Waals surface area contributed by atoms with Crippen LogP contribution in [0, 0.1) is 0 Å². The second kappa shape index (κ2) is 4.93. The van der Waals surface area contributed by atoms with Gasteiger partial charge in [-0.2, -0.15) is 0 Å². The van der Waals surface area contributed by atoms with Crippen LogP contribution >= 0.6 is 0 Å². The number of anilines is 1. The molecule has 2 aromatic rings. The van der Waals surface area contributed by atoms with Gasteiger partial charge in [-0.1, -0.05) is 0 Å². The Bertz CT molecular complexity index is 595. The molecule has 3 rings (SSSR count). The lowest BCUT2D eigenvalue weighted by Crippen LogP contribution is -2.19. The molecule has 1 fully saturated rings. The fraction of sp³-hybridized carbons (Fsp3) is 0.357. The van der Waals surface area contributed by atoms with E-state index in [2.05, 4.69) is 10.3 Å². The Morgan fingerprint density at radius 1 is 1.37 bits per heavy atom. The molecule has 2 heterocycles. The molecule has 0 amide bonds. The predicted molar refractivity (Wildman–Crippen MR) is 74.6 cm³/mol. The number of benzene rings is 1. The van der Waals surface area contributed by atoms with Gasteiger partial charge < -0.3 is 20.5 Å². The predicted octanol–water partition coefficient (Wildman–Crippen LogP) is 1.57. The van der Waals surface area contributed by atoms with Gasteiger partial charge in [-0.15, -0.1) is 0 Å². The Morgan fingerprint density at radius 2 is 2.26 bits per heavy atom. The molecular weight excluding hydrogens is 242 g/mol. The highest BCUT2D eigenvalue weighted by atomic mass is 16.5. The number of ether oxygens (including phenoxy) is 2. The first-order chi connectivity index (χ1) is 9.26. The van der Waals surface area contributed by atoms with Gasteiger partial charge in [0.2, 0.25) is 0 Å². The average Bonchev–Trinajstić information content (AvgIpc) is 2.90. The van der Waals surface area contributed by atoms with E-state index in [0.29, 0.717) is 5.82 Å². The van der Waals surface area contributed by atoms with E-state index in [1.807, 2.05) is 18.2 Å². The van der Waals surface area contributed by atoms with E-state index in [1.54, 1.807) is 13.2 Å². The molecule has 0 radical (unpaired) electrons. The highest BCUT2D eigenvalue weighted by Gasteiger charge is 2.17. The number of hydrogen-bond acceptors (Lipinski definition) is 5. The van der Waals surface area contributed by atoms with E-state index in [9.17, 15) is 0 Å². The van der Waals surface area contributed by atoms with Crippen LogP contribution in [-0.2, 0) is 0 Å². The topological polar surface area (TPSA) is 69.4 Å². The number of fused-ring (bicyclic) bond motifs is 1. The van der Waals surface area contributed by atoms with Gasteiger partial charge in [-0.25, -0.2) is 4.98 Å². The molecule has 1 aromatic carbocycles. The van der Waals surface area contributed by atoms with Crippen LogP contribution in [0.15, 0.2) is 24.3 Å². The Morgan fingerprint density at radius 3 is 3.00 bits per heavy atom. The Hall–Kier alpha value is -2.01. The maximum absolute atomic E-state index is 6.02. The highest BCUT2D eigenvalue weighted by molar-refractivity contribution is 5.87. The Labute approximate surface area is 111 Å². The number of rotatable bonds is 3. The molecule has 3 N–H and O–H groups in total. The SMILES string of the molecule is COc1ccc2c(OC3CCNC3)cc(N)nc2c1. The number of nitrogen functional groups attached to an aromatic ring is 1. The van der Waals surface area contributed by atoms with Crippen molar-refractivity contribution in [3.05, 3.63) is 24.3 Å². The van der Waals surface area contributed by atoms with Gasteiger partial charge in [0.05, 0.1) is 12.6 Å². The van der Waals surface area contributed by atoms with Crippen molar-refractivity contribution < 1.29 is 9.47 Å². The number of nitrogens with one attached hydrogen (secondary N) is 1. The van der Waals surface area contributed by atoms with Crippen molar-refractivity contribution in [2.45, 2.75) is 12.5 Å². The van der Waals surface area contributed by atoms with Crippen LogP contribution in [0.5, 0.6) is 11.5 Å². The lowest BCUT2D eigenvalue weighted by atomic mass is 10.2. The van der Waals surface area contributed by atoms with Crippen LogP contribution in [0.2, 0.25) is 0 Å². The largest absolute Gasteiger partial charge is 0.497 e. The standard InChI is InChI=1S/C14H17N3O2/c1-18-9-2-3-11-12(6-9)17-14(15)7-13(11)19-10-4-5-16-8-10/h2-3,6-7,10,16H,4-5,8H2,1H3,(H2,15,17). The monoisotopic (exact) mass is 259 g/mol. The zero-order valence-electron chi connectivity index (χ0n) is 10.8. The minimum atomic E-state index is 0.201. The van der Waals surface area contributed by atoms with E-state index < -0.39 is 0 Å². The maximum atomic E-state index is 6.02. The summed E-state index contributed by atoms with van der Waals surface area (Å²) in [4.78, 5) is 4.32. The molecule has 1 aliphatic heterocycles. The summed E-state index contributed by atoms with van der Waals surface area (Å²) in [7, 11) is 1.63. The van der Waals surface area contributed by atoms with Gasteiger partial charge in [-0.05, 0) is 25.1 Å². The van der Waals surface area contributed by atoms with Gasteiger partial charge in [0, 0.05) is 24.1 Å². The van der Waals surface area contributed by atoms with Gasteiger partial charge in [-0.3, -0.25) is 0 Å². The Kier molecular flexibility index (Phi) is 3.13. The van der Waals surface area contributed by atoms with Crippen LogP contribution in [0.25, 0.3) is 10.9 Å². The molecule has 5 nitrogen and oxygen atoms in total. The molecule has 1 aliphatic rings. The third-order valence-electron chi connectivity index (χ3n) is 3.31. The normalized spacial score (nSPS) is 18.7. The summed E-state index contributed by atoms with van der Waals surface area (Å²) in [5.74, 6) is 2.01. The first kappa shape index (κ1) is 12.0. The third kappa shape index (κ3) is 2.42. The fourth-order valence-corrected chi connectivity index (χ4v) is 2.33. The molecule has 0 spiro atoms. The van der Waals surface area contributed by atoms with Crippen molar-refractivity contribution in [3.63, 3.8) is 0 Å². The van der Waals surface area contributed by atoms with Crippen LogP contribution < -0.4 is 20.5 Å². The number of nitrogens with zero attached hydrogens (tertiary/aromatic N) is 1.